The Kier molecular flexibility index (Phi) is 3.83. The minimum atomic E-state index is 0.0299. The van der Waals surface area contributed by atoms with Crippen LogP contribution in [0, 0.1) is 0 Å². The van der Waals surface area contributed by atoms with E-state index in [1.165, 1.54) is 44.1 Å². The lowest BCUT2D eigenvalue weighted by atomic mass is 9.82. The van der Waals surface area contributed by atoms with Crippen LogP contribution in [0.5, 0.6) is 0 Å². The number of aromatic nitrogens is 2. The van der Waals surface area contributed by atoms with Gasteiger partial charge in [0.15, 0.2) is 0 Å². The van der Waals surface area contributed by atoms with E-state index in [2.05, 4.69) is 91.4 Å². The summed E-state index contributed by atoms with van der Waals surface area (Å²) in [5.41, 5.74) is 8.00. The highest BCUT2D eigenvalue weighted by Gasteiger charge is 2.37. The van der Waals surface area contributed by atoms with Gasteiger partial charge in [0.25, 0.3) is 0 Å². The van der Waals surface area contributed by atoms with Crippen molar-refractivity contribution in [3.63, 3.8) is 0 Å². The first kappa shape index (κ1) is 17.1. The first-order chi connectivity index (χ1) is 13.5. The molecule has 0 saturated heterocycles. The van der Waals surface area contributed by atoms with Crippen molar-refractivity contribution in [1.29, 1.82) is 0 Å². The molecule has 1 aliphatic carbocycles. The van der Waals surface area contributed by atoms with Gasteiger partial charge in [-0.3, -0.25) is 0 Å². The van der Waals surface area contributed by atoms with Crippen molar-refractivity contribution in [2.75, 3.05) is 0 Å². The normalized spacial score (nSPS) is 21.6. The van der Waals surface area contributed by atoms with Crippen molar-refractivity contribution in [3.05, 3.63) is 89.3 Å². The quantitative estimate of drug-likeness (QED) is 0.363. The molecular formula is C26H26N2. The molecule has 2 N–H and O–H groups in total. The van der Waals surface area contributed by atoms with Gasteiger partial charge in [-0.15, -0.1) is 0 Å². The highest BCUT2D eigenvalue weighted by atomic mass is 14.7. The number of aromatic amines is 2. The number of rotatable bonds is 3. The fourth-order valence-electron chi connectivity index (χ4n) is 4.75. The van der Waals surface area contributed by atoms with Crippen LogP contribution < -0.4 is 0 Å². The van der Waals surface area contributed by atoms with E-state index in [0.717, 1.165) is 6.42 Å². The summed E-state index contributed by atoms with van der Waals surface area (Å²) in [6.07, 6.45) is 12.3. The predicted octanol–water partition coefficient (Wildman–Crippen LogP) is 7.07. The Morgan fingerprint density at radius 3 is 2.50 bits per heavy atom. The molecule has 0 bridgehead atoms. The number of nitrogens with one attached hydrogen (secondary N) is 2. The van der Waals surface area contributed by atoms with Gasteiger partial charge < -0.3 is 9.97 Å². The number of H-pyrrole nitrogens is 2. The monoisotopic (exact) mass is 366 g/mol. The van der Waals surface area contributed by atoms with E-state index in [0.29, 0.717) is 5.92 Å². The van der Waals surface area contributed by atoms with Gasteiger partial charge in [-0.25, -0.2) is 0 Å². The van der Waals surface area contributed by atoms with Crippen molar-refractivity contribution < 1.29 is 0 Å². The van der Waals surface area contributed by atoms with E-state index in [9.17, 15) is 0 Å². The Morgan fingerprint density at radius 2 is 1.71 bits per heavy atom. The summed E-state index contributed by atoms with van der Waals surface area (Å²) in [5, 5.41) is 2.55. The first-order valence-corrected chi connectivity index (χ1v) is 10.0. The van der Waals surface area contributed by atoms with Gasteiger partial charge >= 0.3 is 0 Å². The number of hydrogen-bond acceptors (Lipinski definition) is 0. The van der Waals surface area contributed by atoms with Crippen LogP contribution in [0.25, 0.3) is 27.9 Å². The standard InChI is InChI=1S/C26H26N2/c1-17(2)12-21-16-26(3,23-14-20-8-11-28-25(20)15-22(21)23)9-6-18-4-5-19-7-10-27-24(19)13-18/h4-15,21,27-28H,16H2,1-3H3. The van der Waals surface area contributed by atoms with Crippen LogP contribution >= 0.6 is 0 Å². The van der Waals surface area contributed by atoms with E-state index in [-0.39, 0.29) is 5.41 Å². The average molecular weight is 367 g/mol. The van der Waals surface area contributed by atoms with E-state index < -0.39 is 0 Å². The van der Waals surface area contributed by atoms with Gasteiger partial charge in [0.1, 0.15) is 0 Å². The number of hydrogen-bond donors (Lipinski definition) is 2. The van der Waals surface area contributed by atoms with Crippen LogP contribution in [0.4, 0.5) is 0 Å². The molecule has 2 atom stereocenters. The zero-order chi connectivity index (χ0) is 19.3. The topological polar surface area (TPSA) is 31.6 Å². The Labute approximate surface area is 166 Å². The molecule has 1 aliphatic rings. The average Bonchev–Trinajstić information content (AvgIpc) is 3.37. The summed E-state index contributed by atoms with van der Waals surface area (Å²) in [5.74, 6) is 0.466. The van der Waals surface area contributed by atoms with Crippen molar-refractivity contribution in [2.45, 2.75) is 38.5 Å². The molecule has 28 heavy (non-hydrogen) atoms. The van der Waals surface area contributed by atoms with Crippen molar-refractivity contribution in [2.24, 2.45) is 0 Å². The molecule has 140 valence electrons. The van der Waals surface area contributed by atoms with Crippen LogP contribution in [0.3, 0.4) is 0 Å². The maximum atomic E-state index is 3.38. The minimum Gasteiger partial charge on any atom is -0.361 e. The number of benzene rings is 2. The molecule has 0 amide bonds. The van der Waals surface area contributed by atoms with Crippen molar-refractivity contribution in [3.8, 4) is 0 Å². The second-order valence-corrected chi connectivity index (χ2v) is 8.63. The number of fused-ring (bicyclic) bond motifs is 3. The summed E-state index contributed by atoms with van der Waals surface area (Å²) in [6.45, 7) is 6.78. The molecule has 2 aromatic heterocycles. The molecule has 2 unspecified atom stereocenters. The van der Waals surface area contributed by atoms with Gasteiger partial charge in [-0.1, -0.05) is 42.9 Å². The van der Waals surface area contributed by atoms with E-state index in [4.69, 9.17) is 0 Å². The molecule has 2 heteroatoms. The smallest absolute Gasteiger partial charge is 0.0459 e. The van der Waals surface area contributed by atoms with Gasteiger partial charge in [0, 0.05) is 34.8 Å². The van der Waals surface area contributed by atoms with Gasteiger partial charge in [-0.2, -0.15) is 0 Å². The molecule has 0 radical (unpaired) electrons. The lowest BCUT2D eigenvalue weighted by Crippen LogP contribution is -2.14. The summed E-state index contributed by atoms with van der Waals surface area (Å²) >= 11 is 0. The lowest BCUT2D eigenvalue weighted by Gasteiger charge is -2.21. The van der Waals surface area contributed by atoms with E-state index >= 15 is 0 Å². The molecule has 2 heterocycles. The predicted molar refractivity (Wildman–Crippen MR) is 120 cm³/mol. The molecule has 2 aromatic carbocycles. The van der Waals surface area contributed by atoms with E-state index in [1.807, 2.05) is 12.4 Å². The Bertz CT molecular complexity index is 1230. The second kappa shape index (κ2) is 6.27. The van der Waals surface area contributed by atoms with E-state index in [1.54, 1.807) is 0 Å². The van der Waals surface area contributed by atoms with Crippen LogP contribution in [-0.4, -0.2) is 9.97 Å². The zero-order valence-corrected chi connectivity index (χ0v) is 16.7. The molecule has 2 nitrogen and oxygen atoms in total. The molecular weight excluding hydrogens is 340 g/mol. The van der Waals surface area contributed by atoms with Crippen LogP contribution in [0.2, 0.25) is 0 Å². The Hall–Kier alpha value is -3.00. The van der Waals surface area contributed by atoms with Gasteiger partial charge in [-0.05, 0) is 78.1 Å². The zero-order valence-electron chi connectivity index (χ0n) is 16.7. The summed E-state index contributed by atoms with van der Waals surface area (Å²) in [4.78, 5) is 6.69. The van der Waals surface area contributed by atoms with Crippen LogP contribution in [-0.2, 0) is 5.41 Å². The molecule has 0 aliphatic heterocycles. The second-order valence-electron chi connectivity index (χ2n) is 8.63. The summed E-state index contributed by atoms with van der Waals surface area (Å²) in [7, 11) is 0. The molecule has 0 spiro atoms. The van der Waals surface area contributed by atoms with Crippen LogP contribution in [0.1, 0.15) is 49.8 Å². The fraction of sp³-hybridized carbons (Fsp3) is 0.231. The fourth-order valence-corrected chi connectivity index (χ4v) is 4.75. The minimum absolute atomic E-state index is 0.0299. The highest BCUT2D eigenvalue weighted by Crippen LogP contribution is 2.49. The lowest BCUT2D eigenvalue weighted by molar-refractivity contribution is 0.566. The van der Waals surface area contributed by atoms with Crippen LogP contribution in [0.15, 0.2) is 72.6 Å². The van der Waals surface area contributed by atoms with Crippen molar-refractivity contribution >= 4 is 27.9 Å². The maximum absolute atomic E-state index is 3.38. The summed E-state index contributed by atoms with van der Waals surface area (Å²) < 4.78 is 0. The SMILES string of the molecule is CC(C)=CC1CC(C)(C=Cc2ccc3cc[nH]c3c2)c2cc3cc[nH]c3cc21. The number of allylic oxidation sites excluding steroid dienone is 3. The summed E-state index contributed by atoms with van der Waals surface area (Å²) in [6, 6.07) is 15.7. The Morgan fingerprint density at radius 1 is 0.964 bits per heavy atom. The maximum Gasteiger partial charge on any atom is 0.0459 e. The van der Waals surface area contributed by atoms with Gasteiger partial charge in [0.2, 0.25) is 0 Å². The molecule has 0 fully saturated rings. The first-order valence-electron chi connectivity index (χ1n) is 10.0. The highest BCUT2D eigenvalue weighted by molar-refractivity contribution is 5.83. The van der Waals surface area contributed by atoms with Crippen molar-refractivity contribution in [1.82, 2.24) is 9.97 Å². The largest absolute Gasteiger partial charge is 0.361 e. The third-order valence-electron chi connectivity index (χ3n) is 6.14. The molecule has 5 rings (SSSR count). The third-order valence-corrected chi connectivity index (χ3v) is 6.14. The Balaban J connectivity index is 1.59. The molecule has 4 aromatic rings. The van der Waals surface area contributed by atoms with Gasteiger partial charge in [0.05, 0.1) is 0 Å². The third kappa shape index (κ3) is 2.80. The molecule has 0 saturated carbocycles.